The van der Waals surface area contributed by atoms with Crippen LogP contribution >= 0.6 is 25.3 Å². The fourth-order valence-corrected chi connectivity index (χ4v) is 8.48. The van der Waals surface area contributed by atoms with Crippen molar-refractivity contribution in [3.8, 4) is 0 Å². The molecule has 9 heteroatoms. The summed E-state index contributed by atoms with van der Waals surface area (Å²) in [5.41, 5.74) is 2.30. The Morgan fingerprint density at radius 3 is 0.814 bits per heavy atom. The number of nitrogens with zero attached hydrogens (tertiary/aromatic N) is 2. The van der Waals surface area contributed by atoms with E-state index in [1.807, 2.05) is 24.5 Å². The normalized spacial score (nSPS) is 9.51. The van der Waals surface area contributed by atoms with Gasteiger partial charge in [-0.3, -0.25) is 9.97 Å². The van der Waals surface area contributed by atoms with Gasteiger partial charge in [0.25, 0.3) is 0 Å². The van der Waals surface area contributed by atoms with Gasteiger partial charge >= 0.3 is 48.6 Å². The van der Waals surface area contributed by atoms with Gasteiger partial charge < -0.3 is 24.8 Å². The number of aromatic nitrogens is 2. The molecule has 2 nitrogen and oxygen atoms in total. The molecule has 2 aromatic heterocycles. The van der Waals surface area contributed by atoms with Crippen molar-refractivity contribution in [1.82, 2.24) is 9.97 Å². The van der Waals surface area contributed by atoms with E-state index in [1.165, 1.54) is 21.2 Å². The molecule has 4 aromatic carbocycles. The van der Waals surface area contributed by atoms with Gasteiger partial charge in [-0.2, -0.15) is 0 Å². The van der Waals surface area contributed by atoms with Gasteiger partial charge in [0.2, 0.25) is 0 Å². The number of hydrogen-bond acceptors (Lipinski definition) is 2. The molecule has 0 amide bonds. The largest absolute Gasteiger partial charge is 2.00 e. The van der Waals surface area contributed by atoms with Crippen molar-refractivity contribution in [2.45, 2.75) is 0 Å². The summed E-state index contributed by atoms with van der Waals surface area (Å²) in [6.45, 7) is 0. The molecule has 0 aliphatic carbocycles. The van der Waals surface area contributed by atoms with Crippen LogP contribution in [0.3, 0.4) is 0 Å². The summed E-state index contributed by atoms with van der Waals surface area (Å²) in [4.78, 5) is 9.12. The molecule has 0 radical (unpaired) electrons. The minimum atomic E-state index is -0.557. The SMILES string of the molecule is [Cl-].[Cl-].[Cl][Pt].[Pd+2].c1ccc(P(c2ccccc2)c2ccccn2)cc1.c1ccc(P(c2ccccc2)c2ccccn2)cc1. The summed E-state index contributed by atoms with van der Waals surface area (Å²) in [6.07, 6.45) is 3.74. The first-order valence-electron chi connectivity index (χ1n) is 12.6. The zero-order valence-corrected chi connectivity index (χ0v) is 30.6. The molecule has 0 aliphatic rings. The van der Waals surface area contributed by atoms with Crippen LogP contribution < -0.4 is 56.9 Å². The zero-order valence-electron chi connectivity index (χ0n) is 22.7. The van der Waals surface area contributed by atoms with E-state index < -0.39 is 15.8 Å². The number of hydrogen-bond donors (Lipinski definition) is 0. The second-order valence-electron chi connectivity index (χ2n) is 8.39. The van der Waals surface area contributed by atoms with E-state index in [9.17, 15) is 0 Å². The van der Waals surface area contributed by atoms with Crippen molar-refractivity contribution in [1.29, 1.82) is 0 Å². The first kappa shape index (κ1) is 39.3. The van der Waals surface area contributed by atoms with Crippen LogP contribution in [-0.4, -0.2) is 9.97 Å². The summed E-state index contributed by atoms with van der Waals surface area (Å²) in [7, 11) is 3.50. The van der Waals surface area contributed by atoms with Crippen LogP contribution in [0.1, 0.15) is 0 Å². The minimum absolute atomic E-state index is 0. The minimum Gasteiger partial charge on any atom is -0.256 e. The quantitative estimate of drug-likeness (QED) is 0.179. The third-order valence-electron chi connectivity index (χ3n) is 5.81. The molecular formula is C34H28Cl3N2P2PdPt. The second-order valence-corrected chi connectivity index (χ2v) is 12.7. The molecule has 43 heavy (non-hydrogen) atoms. The van der Waals surface area contributed by atoms with Crippen molar-refractivity contribution in [2.75, 3.05) is 0 Å². The van der Waals surface area contributed by atoms with E-state index in [2.05, 4.69) is 165 Å². The van der Waals surface area contributed by atoms with Gasteiger partial charge in [-0.25, -0.2) is 0 Å². The molecule has 2 heterocycles. The predicted molar refractivity (Wildman–Crippen MR) is 172 cm³/mol. The fourth-order valence-electron chi connectivity index (χ4n) is 4.11. The van der Waals surface area contributed by atoms with Gasteiger partial charge in [0, 0.05) is 28.2 Å². The molecule has 6 aromatic rings. The predicted octanol–water partition coefficient (Wildman–Crippen LogP) is 0.372. The number of halogens is 3. The maximum absolute atomic E-state index is 4.61. The van der Waals surface area contributed by atoms with Crippen molar-refractivity contribution in [2.24, 2.45) is 0 Å². The van der Waals surface area contributed by atoms with E-state index in [0.717, 1.165) is 10.9 Å². The van der Waals surface area contributed by atoms with Crippen LogP contribution in [0.5, 0.6) is 0 Å². The van der Waals surface area contributed by atoms with Crippen molar-refractivity contribution in [3.05, 3.63) is 170 Å². The average Bonchev–Trinajstić information content (AvgIpc) is 3.06. The Balaban J connectivity index is 0.000000381. The van der Waals surface area contributed by atoms with Crippen LogP contribution in [0.25, 0.3) is 0 Å². The molecule has 0 fully saturated rings. The van der Waals surface area contributed by atoms with Crippen molar-refractivity contribution < 1.29 is 64.0 Å². The summed E-state index contributed by atoms with van der Waals surface area (Å²) < 4.78 is 0. The molecule has 0 bridgehead atoms. The second kappa shape index (κ2) is 22.7. The van der Waals surface area contributed by atoms with E-state index >= 15 is 0 Å². The average molecular weight is 934 g/mol. The third kappa shape index (κ3) is 11.9. The van der Waals surface area contributed by atoms with Crippen molar-refractivity contribution >= 4 is 57.3 Å². The Morgan fingerprint density at radius 2 is 0.605 bits per heavy atom. The monoisotopic (exact) mass is 932 g/mol. The Labute approximate surface area is 299 Å². The summed E-state index contributed by atoms with van der Waals surface area (Å²) >= 11 is 1.61. The van der Waals surface area contributed by atoms with E-state index in [-0.39, 0.29) is 45.2 Å². The summed E-state index contributed by atoms with van der Waals surface area (Å²) in [5.74, 6) is 0. The number of rotatable bonds is 6. The maximum Gasteiger partial charge on any atom is 2.00 e. The van der Waals surface area contributed by atoms with Gasteiger partial charge in [0.15, 0.2) is 0 Å². The summed E-state index contributed by atoms with van der Waals surface area (Å²) in [5, 5.41) is 5.34. The van der Waals surface area contributed by atoms with Gasteiger partial charge in [0.1, 0.15) is 0 Å². The van der Waals surface area contributed by atoms with Crippen molar-refractivity contribution in [3.63, 3.8) is 0 Å². The molecule has 0 N–H and O–H groups in total. The van der Waals surface area contributed by atoms with E-state index in [0.29, 0.717) is 0 Å². The van der Waals surface area contributed by atoms with Crippen LogP contribution in [0, 0.1) is 0 Å². The Kier molecular flexibility index (Phi) is 20.8. The van der Waals surface area contributed by atoms with Crippen LogP contribution in [-0.2, 0) is 39.2 Å². The topological polar surface area (TPSA) is 25.8 Å². The molecule has 225 valence electrons. The summed E-state index contributed by atoms with van der Waals surface area (Å²) in [6, 6.07) is 54.8. The van der Waals surface area contributed by atoms with Crippen LogP contribution in [0.4, 0.5) is 0 Å². The van der Waals surface area contributed by atoms with E-state index in [1.54, 1.807) is 18.8 Å². The third-order valence-corrected chi connectivity index (χ3v) is 10.5. The zero-order chi connectivity index (χ0) is 27.8. The maximum atomic E-state index is 4.61. The fraction of sp³-hybridized carbons (Fsp3) is 0. The molecule has 6 rings (SSSR count). The smallest absolute Gasteiger partial charge is 0.256 e. The Bertz CT molecular complexity index is 1210. The number of pyridine rings is 2. The van der Waals surface area contributed by atoms with Gasteiger partial charge in [0.05, 0.1) is 10.9 Å². The van der Waals surface area contributed by atoms with E-state index in [4.69, 9.17) is 0 Å². The molecule has 0 unspecified atom stereocenters. The molecule has 0 saturated heterocycles. The molecule has 0 aliphatic heterocycles. The Hall–Kier alpha value is -1.74. The first-order valence-corrected chi connectivity index (χ1v) is 18.1. The molecule has 0 spiro atoms. The molecule has 0 saturated carbocycles. The van der Waals surface area contributed by atoms with Crippen LogP contribution in [0.15, 0.2) is 170 Å². The van der Waals surface area contributed by atoms with Crippen LogP contribution in [0.2, 0.25) is 0 Å². The standard InChI is InChI=1S/2C17H14NP.3ClH.Pd.Pt/c2*1-3-9-15(10-4-1)19(16-11-5-2-6-12-16)17-13-7-8-14-18-17;;;;;/h2*1-14H;3*1H;;/q;;;;;+2;+1/p-3. The van der Waals surface area contributed by atoms with Gasteiger partial charge in [-0.05, 0) is 45.5 Å². The number of benzene rings is 4. The molecular weight excluding hydrogens is 906 g/mol. The molecule has 0 atom stereocenters. The van der Waals surface area contributed by atoms with Gasteiger partial charge in [-0.15, -0.1) is 0 Å². The Morgan fingerprint density at radius 1 is 0.372 bits per heavy atom. The van der Waals surface area contributed by atoms with Gasteiger partial charge in [-0.1, -0.05) is 133 Å². The first-order chi connectivity index (χ1) is 19.9.